The van der Waals surface area contributed by atoms with Gasteiger partial charge in [-0.05, 0) is 31.2 Å². The zero-order valence-electron chi connectivity index (χ0n) is 12.0. The zero-order chi connectivity index (χ0) is 15.1. The lowest BCUT2D eigenvalue weighted by atomic mass is 10.2. The van der Waals surface area contributed by atoms with Crippen LogP contribution in [0.15, 0.2) is 16.6 Å². The van der Waals surface area contributed by atoms with E-state index in [1.807, 2.05) is 18.4 Å². The van der Waals surface area contributed by atoms with E-state index in [0.29, 0.717) is 18.8 Å². The highest BCUT2D eigenvalue weighted by atomic mass is 32.2. The summed E-state index contributed by atoms with van der Waals surface area (Å²) in [7, 11) is 0. The van der Waals surface area contributed by atoms with Gasteiger partial charge >= 0.3 is 5.97 Å². The Morgan fingerprint density at radius 2 is 2.24 bits per heavy atom. The first-order valence-corrected chi connectivity index (χ1v) is 8.86. The molecule has 0 unspecified atom stereocenters. The first-order valence-electron chi connectivity index (χ1n) is 7.00. The molecule has 114 valence electrons. The number of unbranched alkanes of at least 4 members (excludes halogenated alkanes) is 2. The van der Waals surface area contributed by atoms with Gasteiger partial charge in [0.25, 0.3) is 0 Å². The fourth-order valence-electron chi connectivity index (χ4n) is 1.87. The van der Waals surface area contributed by atoms with Crippen molar-refractivity contribution in [2.45, 2.75) is 37.8 Å². The van der Waals surface area contributed by atoms with Crippen molar-refractivity contribution < 1.29 is 9.53 Å². The molecule has 0 saturated heterocycles. The predicted octanol–water partition coefficient (Wildman–Crippen LogP) is 3.49. The van der Waals surface area contributed by atoms with Gasteiger partial charge in [0.1, 0.15) is 10.6 Å². The van der Waals surface area contributed by atoms with E-state index in [-0.39, 0.29) is 5.97 Å². The molecule has 0 atom stereocenters. The molecule has 0 radical (unpaired) electrons. The van der Waals surface area contributed by atoms with Crippen molar-refractivity contribution in [3.8, 4) is 0 Å². The summed E-state index contributed by atoms with van der Waals surface area (Å²) in [6, 6.07) is 1.94. The van der Waals surface area contributed by atoms with Crippen molar-refractivity contribution in [1.82, 2.24) is 9.97 Å². The first-order chi connectivity index (χ1) is 10.2. The standard InChI is InChI=1S/C14H19N3O2S2/c1-2-19-11(18)6-4-3-5-8-21-14-16-12(15)10-7-9-20-13(10)17-14/h7,9H,2-6,8H2,1H3,(H2,15,16,17). The van der Waals surface area contributed by atoms with Crippen LogP contribution in [-0.2, 0) is 9.53 Å². The lowest BCUT2D eigenvalue weighted by Crippen LogP contribution is -2.03. The largest absolute Gasteiger partial charge is 0.466 e. The molecule has 0 fully saturated rings. The quantitative estimate of drug-likeness (QED) is 0.346. The Hall–Kier alpha value is -1.34. The molecule has 2 N–H and O–H groups in total. The molecule has 0 aromatic carbocycles. The van der Waals surface area contributed by atoms with Crippen molar-refractivity contribution in [1.29, 1.82) is 0 Å². The van der Waals surface area contributed by atoms with E-state index < -0.39 is 0 Å². The predicted molar refractivity (Wildman–Crippen MR) is 87.7 cm³/mol. The normalized spacial score (nSPS) is 10.9. The molecule has 2 aromatic rings. The van der Waals surface area contributed by atoms with Crippen LogP contribution in [0.4, 0.5) is 5.82 Å². The topological polar surface area (TPSA) is 78.1 Å². The second-order valence-corrected chi connectivity index (χ2v) is 6.45. The summed E-state index contributed by atoms with van der Waals surface area (Å²) >= 11 is 3.19. The number of nitrogen functional groups attached to an aromatic ring is 1. The molecule has 0 bridgehead atoms. The number of thiophene rings is 1. The van der Waals surface area contributed by atoms with E-state index in [0.717, 1.165) is 40.4 Å². The SMILES string of the molecule is CCOC(=O)CCCCCSc1nc(N)c2ccsc2n1. The second kappa shape index (κ2) is 8.19. The number of fused-ring (bicyclic) bond motifs is 1. The summed E-state index contributed by atoms with van der Waals surface area (Å²) in [5.41, 5.74) is 5.91. The van der Waals surface area contributed by atoms with E-state index in [4.69, 9.17) is 10.5 Å². The minimum Gasteiger partial charge on any atom is -0.466 e. The highest BCUT2D eigenvalue weighted by Gasteiger charge is 2.07. The van der Waals surface area contributed by atoms with Gasteiger partial charge in [0.05, 0.1) is 12.0 Å². The van der Waals surface area contributed by atoms with Crippen LogP contribution >= 0.6 is 23.1 Å². The van der Waals surface area contributed by atoms with Gasteiger partial charge in [0.15, 0.2) is 5.16 Å². The zero-order valence-corrected chi connectivity index (χ0v) is 13.6. The maximum Gasteiger partial charge on any atom is 0.305 e. The van der Waals surface area contributed by atoms with Crippen molar-refractivity contribution in [2.24, 2.45) is 0 Å². The average molecular weight is 325 g/mol. The fraction of sp³-hybridized carbons (Fsp3) is 0.500. The number of rotatable bonds is 8. The molecule has 0 amide bonds. The van der Waals surface area contributed by atoms with Crippen LogP contribution in [0.1, 0.15) is 32.6 Å². The Morgan fingerprint density at radius 3 is 3.05 bits per heavy atom. The summed E-state index contributed by atoms with van der Waals surface area (Å²) < 4.78 is 4.89. The first kappa shape index (κ1) is 16.0. The molecule has 0 spiro atoms. The van der Waals surface area contributed by atoms with E-state index in [9.17, 15) is 4.79 Å². The number of aromatic nitrogens is 2. The third kappa shape index (κ3) is 4.86. The van der Waals surface area contributed by atoms with Crippen LogP contribution in [-0.4, -0.2) is 28.3 Å². The number of esters is 1. The molecule has 7 heteroatoms. The number of anilines is 1. The van der Waals surface area contributed by atoms with Gasteiger partial charge in [-0.3, -0.25) is 4.79 Å². The summed E-state index contributed by atoms with van der Waals surface area (Å²) in [6.45, 7) is 2.28. The molecular formula is C14H19N3O2S2. The third-order valence-corrected chi connectivity index (χ3v) is 4.64. The molecule has 21 heavy (non-hydrogen) atoms. The Kier molecular flexibility index (Phi) is 6.25. The molecular weight excluding hydrogens is 306 g/mol. The fourth-order valence-corrected chi connectivity index (χ4v) is 3.55. The van der Waals surface area contributed by atoms with Gasteiger partial charge in [-0.15, -0.1) is 11.3 Å². The van der Waals surface area contributed by atoms with E-state index in [2.05, 4.69) is 9.97 Å². The Balaban J connectivity index is 1.69. The number of ether oxygens (including phenoxy) is 1. The van der Waals surface area contributed by atoms with Gasteiger partial charge < -0.3 is 10.5 Å². The van der Waals surface area contributed by atoms with Gasteiger partial charge in [-0.1, -0.05) is 18.2 Å². The average Bonchev–Trinajstić information content (AvgIpc) is 2.92. The van der Waals surface area contributed by atoms with Crippen molar-refractivity contribution in [2.75, 3.05) is 18.1 Å². The van der Waals surface area contributed by atoms with Crippen LogP contribution < -0.4 is 5.73 Å². The maximum atomic E-state index is 11.2. The highest BCUT2D eigenvalue weighted by molar-refractivity contribution is 7.99. The van der Waals surface area contributed by atoms with Crippen LogP contribution in [0.3, 0.4) is 0 Å². The minimum atomic E-state index is -0.107. The number of carbonyl (C=O) groups excluding carboxylic acids is 1. The number of hydrogen-bond acceptors (Lipinski definition) is 7. The van der Waals surface area contributed by atoms with Gasteiger partial charge in [0, 0.05) is 12.2 Å². The summed E-state index contributed by atoms with van der Waals surface area (Å²) in [5.74, 6) is 1.37. The van der Waals surface area contributed by atoms with Gasteiger partial charge in [-0.2, -0.15) is 0 Å². The third-order valence-electron chi connectivity index (χ3n) is 2.90. The number of nitrogens with zero attached hydrogens (tertiary/aromatic N) is 2. The van der Waals surface area contributed by atoms with Crippen LogP contribution in [0.5, 0.6) is 0 Å². The highest BCUT2D eigenvalue weighted by Crippen LogP contribution is 2.26. The van der Waals surface area contributed by atoms with Crippen LogP contribution in [0, 0.1) is 0 Å². The molecule has 0 saturated carbocycles. The molecule has 0 aliphatic heterocycles. The number of carbonyl (C=O) groups is 1. The van der Waals surface area contributed by atoms with E-state index >= 15 is 0 Å². The smallest absolute Gasteiger partial charge is 0.305 e. The number of hydrogen-bond donors (Lipinski definition) is 1. The van der Waals surface area contributed by atoms with E-state index in [1.165, 1.54) is 0 Å². The Bertz CT molecular complexity index is 601. The molecule has 5 nitrogen and oxygen atoms in total. The monoisotopic (exact) mass is 325 g/mol. The summed E-state index contributed by atoms with van der Waals surface area (Å²) in [4.78, 5) is 20.9. The maximum absolute atomic E-state index is 11.2. The van der Waals surface area contributed by atoms with Gasteiger partial charge in [-0.25, -0.2) is 9.97 Å². The summed E-state index contributed by atoms with van der Waals surface area (Å²) in [5, 5.41) is 3.63. The molecule has 2 rings (SSSR count). The molecule has 2 heterocycles. The van der Waals surface area contributed by atoms with Crippen molar-refractivity contribution in [3.63, 3.8) is 0 Å². The second-order valence-electron chi connectivity index (χ2n) is 4.49. The minimum absolute atomic E-state index is 0.107. The van der Waals surface area contributed by atoms with Crippen molar-refractivity contribution in [3.05, 3.63) is 11.4 Å². The van der Waals surface area contributed by atoms with Gasteiger partial charge in [0.2, 0.25) is 0 Å². The number of thioether (sulfide) groups is 1. The van der Waals surface area contributed by atoms with Crippen LogP contribution in [0.25, 0.3) is 10.2 Å². The van der Waals surface area contributed by atoms with E-state index in [1.54, 1.807) is 23.1 Å². The lowest BCUT2D eigenvalue weighted by Gasteiger charge is -2.03. The molecule has 2 aromatic heterocycles. The molecule has 0 aliphatic carbocycles. The summed E-state index contributed by atoms with van der Waals surface area (Å²) in [6.07, 6.45) is 3.40. The lowest BCUT2D eigenvalue weighted by molar-refractivity contribution is -0.143. The molecule has 0 aliphatic rings. The van der Waals surface area contributed by atoms with Crippen molar-refractivity contribution >= 4 is 45.1 Å². The Labute approximate surface area is 132 Å². The Morgan fingerprint density at radius 1 is 1.38 bits per heavy atom. The van der Waals surface area contributed by atoms with Crippen LogP contribution in [0.2, 0.25) is 0 Å². The number of nitrogens with two attached hydrogens (primary N) is 1.